The first-order valence-corrected chi connectivity index (χ1v) is 26.4. The van der Waals surface area contributed by atoms with Crippen LogP contribution in [0.4, 0.5) is 4.79 Å². The Morgan fingerprint density at radius 3 is 1.50 bits per heavy atom. The van der Waals surface area contributed by atoms with Crippen LogP contribution in [0.5, 0.6) is 0 Å². The van der Waals surface area contributed by atoms with E-state index in [1.807, 2.05) is 76.8 Å². The summed E-state index contributed by atoms with van der Waals surface area (Å²) in [6.45, 7) is 23.0. The summed E-state index contributed by atoms with van der Waals surface area (Å²) >= 11 is 0. The van der Waals surface area contributed by atoms with E-state index >= 15 is 0 Å². The second-order valence-corrected chi connectivity index (χ2v) is 16.3. The van der Waals surface area contributed by atoms with Crippen LogP contribution in [0.25, 0.3) is 0 Å². The van der Waals surface area contributed by atoms with E-state index in [4.69, 9.17) is 14.2 Å². The molecule has 5 heteroatoms. The van der Waals surface area contributed by atoms with Crippen molar-refractivity contribution in [2.75, 3.05) is 19.7 Å². The summed E-state index contributed by atoms with van der Waals surface area (Å²) in [6, 6.07) is 9.91. The van der Waals surface area contributed by atoms with Crippen molar-refractivity contribution < 1.29 is 19.0 Å². The highest BCUT2D eigenvalue weighted by atomic mass is 16.8. The topological polar surface area (TPSA) is 48.0 Å². The van der Waals surface area contributed by atoms with Crippen molar-refractivity contribution in [1.29, 1.82) is 0 Å². The van der Waals surface area contributed by atoms with Gasteiger partial charge in [0.1, 0.15) is 6.61 Å². The maximum absolute atomic E-state index is 12.8. The molecule has 1 atom stereocenters. The van der Waals surface area contributed by atoms with Gasteiger partial charge in [-0.3, -0.25) is 0 Å². The first kappa shape index (κ1) is 61.5. The molecule has 62 heavy (non-hydrogen) atoms. The van der Waals surface area contributed by atoms with Crippen molar-refractivity contribution in [3.8, 4) is 0 Å². The molecule has 0 aliphatic carbocycles. The Kier molecular flexibility index (Phi) is 46.0. The lowest BCUT2D eigenvalue weighted by Gasteiger charge is -2.39. The first-order valence-electron chi connectivity index (χ1n) is 26.4. The molecular weight excluding hydrogens is 763 g/mol. The van der Waals surface area contributed by atoms with Gasteiger partial charge in [-0.1, -0.05) is 219 Å². The summed E-state index contributed by atoms with van der Waals surface area (Å²) in [7, 11) is 0. The van der Waals surface area contributed by atoms with Gasteiger partial charge in [0.25, 0.3) is 0 Å². The number of unbranched alkanes of at least 4 members (excludes halogenated alkanes) is 15. The summed E-state index contributed by atoms with van der Waals surface area (Å²) in [5, 5.41) is 0. The fraction of sp³-hybridized carbons (Fsp3) is 0.737. The number of likely N-dealkylation sites (tertiary alicyclic amines) is 1. The molecule has 0 aromatic heterocycles. The van der Waals surface area contributed by atoms with Crippen molar-refractivity contribution in [2.24, 2.45) is 0 Å². The Hall–Kier alpha value is -2.63. The molecule has 1 spiro atoms. The third-order valence-electron chi connectivity index (χ3n) is 10.9. The number of piperidine rings is 1. The highest BCUT2D eigenvalue weighted by Gasteiger charge is 2.51. The van der Waals surface area contributed by atoms with Crippen LogP contribution < -0.4 is 0 Å². The smallest absolute Gasteiger partial charge is 0.410 e. The van der Waals surface area contributed by atoms with Crippen LogP contribution in [0.3, 0.4) is 0 Å². The molecule has 5 nitrogen and oxygen atoms in total. The molecule has 1 unspecified atom stereocenters. The van der Waals surface area contributed by atoms with E-state index in [1.54, 1.807) is 0 Å². The van der Waals surface area contributed by atoms with Gasteiger partial charge in [-0.2, -0.15) is 0 Å². The number of carbonyl (C=O) groups excluding carboxylic acids is 1. The third-order valence-corrected chi connectivity index (χ3v) is 10.9. The van der Waals surface area contributed by atoms with Crippen molar-refractivity contribution in [1.82, 2.24) is 4.90 Å². The number of hydrogen-bond acceptors (Lipinski definition) is 4. The van der Waals surface area contributed by atoms with Crippen LogP contribution >= 0.6 is 0 Å². The van der Waals surface area contributed by atoms with E-state index in [0.717, 1.165) is 63.4 Å². The molecule has 2 aliphatic heterocycles. The quantitative estimate of drug-likeness (QED) is 0.0595. The van der Waals surface area contributed by atoms with Crippen molar-refractivity contribution >= 4 is 6.09 Å². The second kappa shape index (κ2) is 46.4. The number of allylic oxidation sites excluding steroid dienone is 8. The number of carbonyl (C=O) groups is 1. The monoisotopic (exact) mass is 866 g/mol. The predicted molar refractivity (Wildman–Crippen MR) is 274 cm³/mol. The molecule has 1 aromatic rings. The van der Waals surface area contributed by atoms with Crippen molar-refractivity contribution in [2.45, 2.75) is 254 Å². The number of hydrogen-bond donors (Lipinski definition) is 0. The Balaban J connectivity index is 0. The van der Waals surface area contributed by atoms with Gasteiger partial charge in [0.15, 0.2) is 5.79 Å². The lowest BCUT2D eigenvalue weighted by molar-refractivity contribution is -0.203. The van der Waals surface area contributed by atoms with Gasteiger partial charge in [-0.05, 0) is 89.0 Å². The Bertz CT molecular complexity index is 1180. The van der Waals surface area contributed by atoms with E-state index in [0.29, 0.717) is 26.3 Å². The van der Waals surface area contributed by atoms with E-state index < -0.39 is 5.79 Å². The standard InChI is InChI=1S/C48H77NO4.C3H8.3C2H6/c1-3-5-7-9-11-13-15-17-18-19-21-23-25-27-29-34-38-48(37-33-28-26-24-22-20-16-14-12-10-8-6-4-2)52-44-47(53-48)39-41-49(42-40-47)46(50)51-43-45-35-31-30-32-36-45;1-3-2;3*1-2/h6,8,11-14,17-18,30-32,35-36H,3-5,7,9-10,15-16,19-29,33-34,37-44H2,1-2H3;3H2,1-2H3;3*1-2H3/b8-6-,13-11-,14-12-,18-17-;;;;. The van der Waals surface area contributed by atoms with Crippen LogP contribution in [0.15, 0.2) is 78.9 Å². The zero-order chi connectivity index (χ0) is 46.3. The number of amides is 1. The molecule has 0 saturated carbocycles. The molecule has 0 radical (unpaired) electrons. The molecule has 2 aliphatic rings. The molecule has 0 bridgehead atoms. The van der Waals surface area contributed by atoms with E-state index in [1.165, 1.54) is 109 Å². The Morgan fingerprint density at radius 2 is 1.03 bits per heavy atom. The van der Waals surface area contributed by atoms with E-state index in [2.05, 4.69) is 76.3 Å². The van der Waals surface area contributed by atoms with Crippen LogP contribution in [0.1, 0.15) is 242 Å². The highest BCUT2D eigenvalue weighted by molar-refractivity contribution is 5.67. The zero-order valence-electron chi connectivity index (χ0n) is 42.8. The minimum atomic E-state index is -0.470. The summed E-state index contributed by atoms with van der Waals surface area (Å²) in [5.41, 5.74) is 0.730. The maximum atomic E-state index is 12.8. The number of nitrogens with zero attached hydrogens (tertiary/aromatic N) is 1. The number of rotatable bonds is 29. The van der Waals surface area contributed by atoms with Gasteiger partial charge in [0.2, 0.25) is 0 Å². The van der Waals surface area contributed by atoms with E-state index in [9.17, 15) is 4.79 Å². The molecule has 1 amide bonds. The van der Waals surface area contributed by atoms with Gasteiger partial charge < -0.3 is 19.1 Å². The predicted octanol–water partition coefficient (Wildman–Crippen LogP) is 18.6. The van der Waals surface area contributed by atoms with Gasteiger partial charge in [0.05, 0.1) is 12.2 Å². The molecule has 2 fully saturated rings. The first-order chi connectivity index (χ1) is 30.5. The number of ether oxygens (including phenoxy) is 3. The SMILES string of the molecule is CC.CC.CC.CC/C=C\C/C=C\CCCCCCCCC1(CCCCCCCC/C=C\C/C=C\CCCCC)OCC2(CCN(C(=O)OCc3ccccc3)CC2)O1.CCC. The fourth-order valence-electron chi connectivity index (χ4n) is 7.54. The lowest BCUT2D eigenvalue weighted by atomic mass is 9.92. The molecular formula is C57H103NO4. The van der Waals surface area contributed by atoms with Crippen LogP contribution in [0, 0.1) is 0 Å². The summed E-state index contributed by atoms with van der Waals surface area (Å²) in [6.07, 6.45) is 49.2. The molecule has 1 aromatic carbocycles. The molecule has 2 heterocycles. The zero-order valence-corrected chi connectivity index (χ0v) is 42.8. The molecule has 0 N–H and O–H groups in total. The van der Waals surface area contributed by atoms with Gasteiger partial charge in [-0.25, -0.2) is 4.79 Å². The van der Waals surface area contributed by atoms with Crippen molar-refractivity contribution in [3.05, 3.63) is 84.5 Å². The maximum Gasteiger partial charge on any atom is 0.410 e. The third kappa shape index (κ3) is 33.0. The summed E-state index contributed by atoms with van der Waals surface area (Å²) < 4.78 is 19.4. The van der Waals surface area contributed by atoms with Crippen LogP contribution in [0.2, 0.25) is 0 Å². The van der Waals surface area contributed by atoms with Crippen LogP contribution in [-0.2, 0) is 20.8 Å². The average Bonchev–Trinajstić information content (AvgIpc) is 3.66. The fourth-order valence-corrected chi connectivity index (χ4v) is 7.54. The van der Waals surface area contributed by atoms with Gasteiger partial charge >= 0.3 is 6.09 Å². The minimum absolute atomic E-state index is 0.227. The normalized spacial score (nSPS) is 16.7. The van der Waals surface area contributed by atoms with Gasteiger partial charge in [0, 0.05) is 25.9 Å². The van der Waals surface area contributed by atoms with E-state index in [-0.39, 0.29) is 11.7 Å². The summed E-state index contributed by atoms with van der Waals surface area (Å²) in [5.74, 6) is -0.470. The van der Waals surface area contributed by atoms with Crippen LogP contribution in [-0.4, -0.2) is 42.1 Å². The molecule has 2 saturated heterocycles. The summed E-state index contributed by atoms with van der Waals surface area (Å²) in [4.78, 5) is 14.7. The second-order valence-electron chi connectivity index (χ2n) is 16.3. The molecule has 3 rings (SSSR count). The number of benzene rings is 1. The highest BCUT2D eigenvalue weighted by Crippen LogP contribution is 2.44. The Morgan fingerprint density at radius 1 is 0.597 bits per heavy atom. The molecule has 360 valence electrons. The average molecular weight is 866 g/mol. The van der Waals surface area contributed by atoms with Gasteiger partial charge in [-0.15, -0.1) is 0 Å². The van der Waals surface area contributed by atoms with Crippen molar-refractivity contribution in [3.63, 3.8) is 0 Å². The Labute approximate surface area is 387 Å². The minimum Gasteiger partial charge on any atom is -0.445 e. The lowest BCUT2D eigenvalue weighted by Crippen LogP contribution is -2.49. The largest absolute Gasteiger partial charge is 0.445 e.